The van der Waals surface area contributed by atoms with E-state index in [4.69, 9.17) is 17.2 Å². The minimum Gasteiger partial charge on any atom is -0.480 e. The molecule has 0 bridgehead atoms. The molecule has 312 valence electrons. The fourth-order valence-electron chi connectivity index (χ4n) is 6.86. The zero-order valence-electron chi connectivity index (χ0n) is 33.3. The number of hydrogen-bond acceptors (Lipinski definition) is 10. The van der Waals surface area contributed by atoms with Crippen molar-refractivity contribution in [1.29, 1.82) is 0 Å². The summed E-state index contributed by atoms with van der Waals surface area (Å²) in [5, 5.41) is 20.3. The summed E-state index contributed by atoms with van der Waals surface area (Å²) in [6.07, 6.45) is 2.57. The number of unbranched alkanes of at least 4 members (excludes halogenated alkanes) is 1. The average molecular weight is 780 g/mol. The van der Waals surface area contributed by atoms with E-state index in [1.54, 1.807) is 13.8 Å². The van der Waals surface area contributed by atoms with Crippen molar-refractivity contribution < 1.29 is 43.5 Å². The molecule has 2 saturated heterocycles. The lowest BCUT2D eigenvalue weighted by molar-refractivity contribution is -0.145. The zero-order chi connectivity index (χ0) is 41.6. The molecule has 2 heterocycles. The molecule has 11 N–H and O–H groups in total. The first-order chi connectivity index (χ1) is 25.8. The van der Waals surface area contributed by atoms with E-state index < -0.39 is 95.5 Å². The molecule has 18 heteroatoms. The maximum Gasteiger partial charge on any atom is 0.326 e. The van der Waals surface area contributed by atoms with Crippen molar-refractivity contribution in [3.63, 3.8) is 0 Å². The van der Waals surface area contributed by atoms with E-state index in [1.807, 2.05) is 27.7 Å². The van der Waals surface area contributed by atoms with Crippen LogP contribution in [0, 0.1) is 17.8 Å². The van der Waals surface area contributed by atoms with E-state index in [-0.39, 0.29) is 50.6 Å². The maximum absolute atomic E-state index is 14.1. The Morgan fingerprint density at radius 2 is 1.24 bits per heavy atom. The molecule has 0 saturated carbocycles. The number of carbonyl (C=O) groups excluding carboxylic acids is 7. The van der Waals surface area contributed by atoms with Crippen molar-refractivity contribution in [2.75, 3.05) is 19.6 Å². The number of likely N-dealkylation sites (tertiary alicyclic amines) is 2. The highest BCUT2D eigenvalue weighted by atomic mass is 16.4. The third-order valence-corrected chi connectivity index (χ3v) is 10.1. The Labute approximate surface area is 324 Å². The molecular formula is C37H65N9O9. The van der Waals surface area contributed by atoms with Crippen molar-refractivity contribution in [2.45, 2.75) is 148 Å². The van der Waals surface area contributed by atoms with Crippen molar-refractivity contribution in [1.82, 2.24) is 31.1 Å². The molecule has 2 aliphatic rings. The first-order valence-electron chi connectivity index (χ1n) is 19.6. The summed E-state index contributed by atoms with van der Waals surface area (Å²) in [5.41, 5.74) is 16.9. The molecule has 18 nitrogen and oxygen atoms in total. The summed E-state index contributed by atoms with van der Waals surface area (Å²) in [4.78, 5) is 108. The largest absolute Gasteiger partial charge is 0.480 e. The van der Waals surface area contributed by atoms with Crippen LogP contribution in [0.15, 0.2) is 0 Å². The van der Waals surface area contributed by atoms with Gasteiger partial charge in [-0.05, 0) is 82.1 Å². The Morgan fingerprint density at radius 1 is 0.691 bits per heavy atom. The molecule has 2 aliphatic heterocycles. The van der Waals surface area contributed by atoms with Crippen molar-refractivity contribution in [3.05, 3.63) is 0 Å². The van der Waals surface area contributed by atoms with Crippen LogP contribution < -0.4 is 38.5 Å². The Balaban J connectivity index is 2.22. The van der Waals surface area contributed by atoms with Gasteiger partial charge in [-0.15, -0.1) is 0 Å². The van der Waals surface area contributed by atoms with E-state index in [0.29, 0.717) is 45.1 Å². The second kappa shape index (κ2) is 22.3. The highest BCUT2D eigenvalue weighted by Crippen LogP contribution is 2.24. The molecule has 0 aromatic heterocycles. The van der Waals surface area contributed by atoms with Crippen LogP contribution in [0.3, 0.4) is 0 Å². The highest BCUT2D eigenvalue weighted by Gasteiger charge is 2.43. The van der Waals surface area contributed by atoms with Gasteiger partial charge >= 0.3 is 5.97 Å². The van der Waals surface area contributed by atoms with Gasteiger partial charge in [0.1, 0.15) is 36.3 Å². The molecule has 55 heavy (non-hydrogen) atoms. The molecule has 0 radical (unpaired) electrons. The van der Waals surface area contributed by atoms with Gasteiger partial charge in [0.25, 0.3) is 0 Å². The van der Waals surface area contributed by atoms with E-state index in [9.17, 15) is 43.5 Å². The monoisotopic (exact) mass is 779 g/mol. The van der Waals surface area contributed by atoms with Crippen LogP contribution in [0.4, 0.5) is 0 Å². The van der Waals surface area contributed by atoms with E-state index in [1.165, 1.54) is 9.80 Å². The number of carboxylic acid groups (broad SMARTS) is 1. The summed E-state index contributed by atoms with van der Waals surface area (Å²) >= 11 is 0. The van der Waals surface area contributed by atoms with E-state index in [2.05, 4.69) is 21.3 Å². The maximum atomic E-state index is 14.1. The Bertz CT molecular complexity index is 1380. The number of carbonyl (C=O) groups is 8. The molecule has 0 spiro atoms. The summed E-state index contributed by atoms with van der Waals surface area (Å²) in [7, 11) is 0. The number of nitrogens with one attached hydrogen (secondary N) is 4. The summed E-state index contributed by atoms with van der Waals surface area (Å²) < 4.78 is 0. The third-order valence-electron chi connectivity index (χ3n) is 10.1. The number of hydrogen-bond donors (Lipinski definition) is 8. The SMILES string of the molecule is CC(C)C[C@H](NC(=O)[C@@H](N)C(C)C)C(=O)N1CCC[C@H]1C(=O)N[C@H](C(=O)N1CCC[C@H]1C(=O)N[C@@H](CCC(N)=O)C(=O)N[C@@H](CCCCN)C(=O)O)C(C)C. The number of nitrogens with two attached hydrogens (primary N) is 3. The summed E-state index contributed by atoms with van der Waals surface area (Å²) in [6.45, 7) is 11.8. The predicted octanol–water partition coefficient (Wildman–Crippen LogP) is -0.928. The molecule has 0 aromatic carbocycles. The number of primary amides is 1. The fourth-order valence-corrected chi connectivity index (χ4v) is 6.86. The Morgan fingerprint density at radius 3 is 1.73 bits per heavy atom. The van der Waals surface area contributed by atoms with Gasteiger partial charge in [0.15, 0.2) is 0 Å². The fraction of sp³-hybridized carbons (Fsp3) is 0.784. The van der Waals surface area contributed by atoms with Crippen molar-refractivity contribution >= 4 is 47.3 Å². The van der Waals surface area contributed by atoms with Crippen LogP contribution in [-0.4, -0.2) is 124 Å². The van der Waals surface area contributed by atoms with Crippen molar-refractivity contribution in [2.24, 2.45) is 35.0 Å². The minimum atomic E-state index is -1.31. The van der Waals surface area contributed by atoms with Gasteiger partial charge in [-0.3, -0.25) is 33.6 Å². The number of aliphatic carboxylic acids is 1. The van der Waals surface area contributed by atoms with Crippen LogP contribution >= 0.6 is 0 Å². The summed E-state index contributed by atoms with van der Waals surface area (Å²) in [5.74, 6) is -5.91. The third kappa shape index (κ3) is 14.0. The van der Waals surface area contributed by atoms with E-state index in [0.717, 1.165) is 0 Å². The van der Waals surface area contributed by atoms with Crippen LogP contribution in [0.2, 0.25) is 0 Å². The molecule has 0 aliphatic carbocycles. The van der Waals surface area contributed by atoms with Gasteiger partial charge in [0.2, 0.25) is 41.4 Å². The quantitative estimate of drug-likeness (QED) is 0.0622. The second-order valence-corrected chi connectivity index (χ2v) is 15.8. The molecule has 2 fully saturated rings. The molecule has 7 amide bonds. The van der Waals surface area contributed by atoms with Crippen molar-refractivity contribution in [3.8, 4) is 0 Å². The molecule has 2 rings (SSSR count). The van der Waals surface area contributed by atoms with Crippen LogP contribution in [0.1, 0.15) is 106 Å². The van der Waals surface area contributed by atoms with E-state index >= 15 is 0 Å². The minimum absolute atomic E-state index is 0.0499. The average Bonchev–Trinajstić information content (AvgIpc) is 3.81. The number of carboxylic acids is 1. The van der Waals surface area contributed by atoms with Crippen LogP contribution in [0.5, 0.6) is 0 Å². The number of nitrogens with zero attached hydrogens (tertiary/aromatic N) is 2. The smallest absolute Gasteiger partial charge is 0.326 e. The topological polar surface area (TPSA) is 289 Å². The number of amides is 7. The lowest BCUT2D eigenvalue weighted by Crippen LogP contribution is -2.60. The lowest BCUT2D eigenvalue weighted by Gasteiger charge is -2.33. The normalized spacial score (nSPS) is 19.8. The molecule has 0 unspecified atom stereocenters. The Kier molecular flexibility index (Phi) is 19.0. The lowest BCUT2D eigenvalue weighted by atomic mass is 9.99. The van der Waals surface area contributed by atoms with Gasteiger partial charge in [0.05, 0.1) is 6.04 Å². The van der Waals surface area contributed by atoms with Gasteiger partial charge in [-0.2, -0.15) is 0 Å². The van der Waals surface area contributed by atoms with Gasteiger partial charge < -0.3 is 53.4 Å². The van der Waals surface area contributed by atoms with Gasteiger partial charge in [-0.25, -0.2) is 4.79 Å². The molecule has 7 atom stereocenters. The molecular weight excluding hydrogens is 714 g/mol. The van der Waals surface area contributed by atoms with Gasteiger partial charge in [-0.1, -0.05) is 41.5 Å². The number of rotatable bonds is 22. The second-order valence-electron chi connectivity index (χ2n) is 15.8. The zero-order valence-corrected chi connectivity index (χ0v) is 33.3. The molecule has 0 aromatic rings. The first-order valence-corrected chi connectivity index (χ1v) is 19.6. The Hall–Kier alpha value is -4.32. The standard InChI is InChI=1S/C37H65N9O9/c1-20(2)19-25(43-34(51)29(40)21(3)4)35(52)45-17-9-13-27(45)33(50)44-30(22(5)6)36(53)46-18-10-12-26(46)32(49)41-23(14-15-28(39)47)31(48)42-24(37(54)55)11-7-8-16-38/h20-27,29-30H,7-19,38,40H2,1-6H3,(H2,39,47)(H,41,49)(H,42,48)(H,43,51)(H,44,50)(H,54,55)/t23-,24-,25-,26-,27-,29-,30-/m0/s1. The summed E-state index contributed by atoms with van der Waals surface area (Å²) in [6, 6.07) is -7.24. The van der Waals surface area contributed by atoms with Crippen LogP contribution in [-0.2, 0) is 38.4 Å². The first kappa shape index (κ1) is 46.8. The van der Waals surface area contributed by atoms with Crippen LogP contribution in [0.25, 0.3) is 0 Å². The highest BCUT2D eigenvalue weighted by molar-refractivity contribution is 5.97. The van der Waals surface area contributed by atoms with Gasteiger partial charge in [0, 0.05) is 19.5 Å². The predicted molar refractivity (Wildman–Crippen MR) is 203 cm³/mol.